The average molecular weight is 211 g/mol. The molecule has 0 saturated carbocycles. The quantitative estimate of drug-likeness (QED) is 0.663. The van der Waals surface area contributed by atoms with Crippen LogP contribution in [0.25, 0.3) is 0 Å². The van der Waals surface area contributed by atoms with Gasteiger partial charge in [-0.1, -0.05) is 18.5 Å². The lowest BCUT2D eigenvalue weighted by molar-refractivity contribution is 0.625. The van der Waals surface area contributed by atoms with E-state index in [1.54, 1.807) is 6.20 Å². The molecular weight excluding hydrogens is 196 g/mol. The summed E-state index contributed by atoms with van der Waals surface area (Å²) in [6, 6.07) is 4.58. The van der Waals surface area contributed by atoms with Crippen molar-refractivity contribution in [1.82, 2.24) is 4.98 Å². The summed E-state index contributed by atoms with van der Waals surface area (Å²) in [7, 11) is 0. The van der Waals surface area contributed by atoms with Crippen molar-refractivity contribution in [1.29, 1.82) is 0 Å². The van der Waals surface area contributed by atoms with Gasteiger partial charge in [-0.25, -0.2) is 4.98 Å². The molecule has 76 valence electrons. The predicted octanol–water partition coefficient (Wildman–Crippen LogP) is 2.97. The van der Waals surface area contributed by atoms with Crippen LogP contribution in [0.1, 0.15) is 20.3 Å². The van der Waals surface area contributed by atoms with E-state index in [0.717, 1.165) is 12.5 Å². The maximum absolute atomic E-state index is 5.87. The van der Waals surface area contributed by atoms with E-state index in [0.29, 0.717) is 11.2 Å². The fraction of sp³-hybridized carbons (Fsp3) is 0.545. The monoisotopic (exact) mass is 210 g/mol. The van der Waals surface area contributed by atoms with Gasteiger partial charge in [0.05, 0.1) is 0 Å². The number of pyridine rings is 1. The highest BCUT2D eigenvalue weighted by molar-refractivity contribution is 6.29. The van der Waals surface area contributed by atoms with Crippen LogP contribution >= 0.6 is 11.6 Å². The summed E-state index contributed by atoms with van der Waals surface area (Å²) in [6.45, 7) is 5.68. The van der Waals surface area contributed by atoms with Gasteiger partial charge in [0.25, 0.3) is 0 Å². The standard InChI is InChI=1S/C11H15ClN2/c1-8-5-9(2)14(7-8)10-3-4-13-11(12)6-10/h3-4,6,8-9H,5,7H2,1-2H3. The molecule has 0 aliphatic carbocycles. The minimum atomic E-state index is 0.578. The number of rotatable bonds is 1. The molecule has 3 heteroatoms. The van der Waals surface area contributed by atoms with Crippen molar-refractivity contribution in [3.63, 3.8) is 0 Å². The maximum Gasteiger partial charge on any atom is 0.131 e. The molecule has 0 N–H and O–H groups in total. The molecule has 2 atom stereocenters. The number of hydrogen-bond acceptors (Lipinski definition) is 2. The highest BCUT2D eigenvalue weighted by Gasteiger charge is 2.26. The second kappa shape index (κ2) is 3.77. The number of nitrogens with zero attached hydrogens (tertiary/aromatic N) is 2. The molecule has 1 aliphatic heterocycles. The molecule has 0 amide bonds. The van der Waals surface area contributed by atoms with Crippen molar-refractivity contribution >= 4 is 17.3 Å². The van der Waals surface area contributed by atoms with Crippen molar-refractivity contribution in [2.45, 2.75) is 26.3 Å². The van der Waals surface area contributed by atoms with E-state index in [1.807, 2.05) is 12.1 Å². The summed E-state index contributed by atoms with van der Waals surface area (Å²) < 4.78 is 0. The summed E-state index contributed by atoms with van der Waals surface area (Å²) in [5.41, 5.74) is 1.20. The van der Waals surface area contributed by atoms with Crippen LogP contribution in [0, 0.1) is 5.92 Å². The first-order valence-corrected chi connectivity index (χ1v) is 5.43. The van der Waals surface area contributed by atoms with Crippen LogP contribution in [0.5, 0.6) is 0 Å². The zero-order chi connectivity index (χ0) is 10.1. The number of aromatic nitrogens is 1. The third-order valence-electron chi connectivity index (χ3n) is 2.83. The van der Waals surface area contributed by atoms with Gasteiger partial charge in [-0.15, -0.1) is 0 Å². The topological polar surface area (TPSA) is 16.1 Å². The molecule has 2 nitrogen and oxygen atoms in total. The lowest BCUT2D eigenvalue weighted by Gasteiger charge is -2.23. The van der Waals surface area contributed by atoms with E-state index in [-0.39, 0.29) is 0 Å². The summed E-state index contributed by atoms with van der Waals surface area (Å²) in [5.74, 6) is 0.775. The van der Waals surface area contributed by atoms with Gasteiger partial charge in [0.1, 0.15) is 5.15 Å². The number of anilines is 1. The van der Waals surface area contributed by atoms with Crippen LogP contribution in [-0.2, 0) is 0 Å². The van der Waals surface area contributed by atoms with E-state index in [1.165, 1.54) is 12.1 Å². The zero-order valence-electron chi connectivity index (χ0n) is 8.57. The van der Waals surface area contributed by atoms with Crippen molar-refractivity contribution in [3.8, 4) is 0 Å². The van der Waals surface area contributed by atoms with Gasteiger partial charge in [0.2, 0.25) is 0 Å². The van der Waals surface area contributed by atoms with E-state index < -0.39 is 0 Å². The first kappa shape index (κ1) is 9.78. The molecule has 2 heterocycles. The Hall–Kier alpha value is -0.760. The molecule has 0 radical (unpaired) electrons. The van der Waals surface area contributed by atoms with Gasteiger partial charge in [-0.2, -0.15) is 0 Å². The van der Waals surface area contributed by atoms with Gasteiger partial charge in [-0.05, 0) is 31.4 Å². The van der Waals surface area contributed by atoms with Crippen LogP contribution in [0.3, 0.4) is 0 Å². The smallest absolute Gasteiger partial charge is 0.131 e. The highest BCUT2D eigenvalue weighted by atomic mass is 35.5. The average Bonchev–Trinajstić information content (AvgIpc) is 2.45. The van der Waals surface area contributed by atoms with E-state index >= 15 is 0 Å². The Morgan fingerprint density at radius 3 is 2.86 bits per heavy atom. The molecule has 1 saturated heterocycles. The Morgan fingerprint density at radius 1 is 1.50 bits per heavy atom. The second-order valence-corrected chi connectivity index (χ2v) is 4.57. The Labute approximate surface area is 89.9 Å². The Kier molecular flexibility index (Phi) is 2.64. The summed E-state index contributed by atoms with van der Waals surface area (Å²) >= 11 is 5.87. The largest absolute Gasteiger partial charge is 0.368 e. The molecule has 1 fully saturated rings. The van der Waals surface area contributed by atoms with E-state index in [9.17, 15) is 0 Å². The third-order valence-corrected chi connectivity index (χ3v) is 3.03. The molecular formula is C11H15ClN2. The first-order valence-electron chi connectivity index (χ1n) is 5.05. The van der Waals surface area contributed by atoms with Gasteiger partial charge < -0.3 is 4.90 Å². The number of halogens is 1. The van der Waals surface area contributed by atoms with Gasteiger partial charge in [0.15, 0.2) is 0 Å². The van der Waals surface area contributed by atoms with Crippen LogP contribution < -0.4 is 4.90 Å². The predicted molar refractivity (Wildman–Crippen MR) is 59.8 cm³/mol. The van der Waals surface area contributed by atoms with Gasteiger partial charge in [0, 0.05) is 24.5 Å². The molecule has 2 rings (SSSR count). The normalized spacial score (nSPS) is 26.9. The Bertz CT molecular complexity index is 327. The summed E-state index contributed by atoms with van der Waals surface area (Å²) in [6.07, 6.45) is 3.04. The summed E-state index contributed by atoms with van der Waals surface area (Å²) in [5, 5.41) is 0.578. The number of hydrogen-bond donors (Lipinski definition) is 0. The molecule has 14 heavy (non-hydrogen) atoms. The molecule has 1 aliphatic rings. The van der Waals surface area contributed by atoms with Crippen molar-refractivity contribution in [2.75, 3.05) is 11.4 Å². The molecule has 0 bridgehead atoms. The van der Waals surface area contributed by atoms with E-state index in [2.05, 4.69) is 23.7 Å². The van der Waals surface area contributed by atoms with Crippen LogP contribution in [0.2, 0.25) is 5.15 Å². The molecule has 1 aromatic heterocycles. The highest BCUT2D eigenvalue weighted by Crippen LogP contribution is 2.29. The first-order chi connectivity index (χ1) is 6.66. The third kappa shape index (κ3) is 1.85. The lowest BCUT2D eigenvalue weighted by Crippen LogP contribution is -2.26. The van der Waals surface area contributed by atoms with Crippen molar-refractivity contribution in [2.24, 2.45) is 5.92 Å². The fourth-order valence-electron chi connectivity index (χ4n) is 2.23. The minimum absolute atomic E-state index is 0.578. The summed E-state index contributed by atoms with van der Waals surface area (Å²) in [4.78, 5) is 6.40. The molecule has 1 aromatic rings. The second-order valence-electron chi connectivity index (χ2n) is 4.18. The zero-order valence-corrected chi connectivity index (χ0v) is 9.33. The van der Waals surface area contributed by atoms with Crippen LogP contribution in [-0.4, -0.2) is 17.6 Å². The molecule has 0 aromatic carbocycles. The van der Waals surface area contributed by atoms with Crippen molar-refractivity contribution < 1.29 is 0 Å². The minimum Gasteiger partial charge on any atom is -0.368 e. The Balaban J connectivity index is 2.23. The van der Waals surface area contributed by atoms with Gasteiger partial charge >= 0.3 is 0 Å². The SMILES string of the molecule is CC1CC(C)N(c2ccnc(Cl)c2)C1. The molecule has 2 unspecified atom stereocenters. The van der Waals surface area contributed by atoms with Gasteiger partial charge in [-0.3, -0.25) is 0 Å². The molecule has 0 spiro atoms. The van der Waals surface area contributed by atoms with Crippen molar-refractivity contribution in [3.05, 3.63) is 23.5 Å². The Morgan fingerprint density at radius 2 is 2.29 bits per heavy atom. The fourth-order valence-corrected chi connectivity index (χ4v) is 2.40. The van der Waals surface area contributed by atoms with E-state index in [4.69, 9.17) is 11.6 Å². The lowest BCUT2D eigenvalue weighted by atomic mass is 10.1. The van der Waals surface area contributed by atoms with Crippen LogP contribution in [0.15, 0.2) is 18.3 Å². The maximum atomic E-state index is 5.87. The van der Waals surface area contributed by atoms with Crippen LogP contribution in [0.4, 0.5) is 5.69 Å².